The Morgan fingerprint density at radius 1 is 0.380 bits per heavy atom. The summed E-state index contributed by atoms with van der Waals surface area (Å²) in [4.78, 5) is 5.45. The van der Waals surface area contributed by atoms with Gasteiger partial charge in [-0.25, -0.2) is 4.98 Å². The SMILES string of the molecule is c1ccc(-c2cccc(-c3cc(-c4ccc5c(c4)c4ccccc4n5-c4ccccc4)nc(-c4cccc5c4sc4ccccc45)c3)c2)cc1. The maximum absolute atomic E-state index is 5.45. The number of nitrogens with zero attached hydrogens (tertiary/aromatic N) is 2. The van der Waals surface area contributed by atoms with E-state index in [4.69, 9.17) is 4.98 Å². The summed E-state index contributed by atoms with van der Waals surface area (Å²) in [5, 5.41) is 5.02. The van der Waals surface area contributed by atoms with Gasteiger partial charge in [0.15, 0.2) is 0 Å². The Labute approximate surface area is 294 Å². The van der Waals surface area contributed by atoms with Gasteiger partial charge in [-0.05, 0) is 76.9 Å². The highest BCUT2D eigenvalue weighted by atomic mass is 32.1. The first kappa shape index (κ1) is 28.7. The van der Waals surface area contributed by atoms with Gasteiger partial charge in [-0.2, -0.15) is 0 Å². The molecule has 3 aromatic heterocycles. The lowest BCUT2D eigenvalue weighted by molar-refractivity contribution is 1.18. The standard InChI is InChI=1S/C47H30N2S/c1-3-13-31(14-4-1)32-15-11-16-33(27-32)35-29-42(48-43(30-35)40-22-12-21-39-38-20-8-10-24-46(38)50-47(39)40)34-25-26-45-41(28-34)37-19-7-9-23-44(37)49(45)36-17-5-2-6-18-36/h1-30H. The van der Waals surface area contributed by atoms with Crippen LogP contribution in [0.3, 0.4) is 0 Å². The van der Waals surface area contributed by atoms with Crippen LogP contribution in [0, 0.1) is 0 Å². The summed E-state index contributed by atoms with van der Waals surface area (Å²) < 4.78 is 4.92. The molecule has 0 aliphatic heterocycles. The maximum atomic E-state index is 5.45. The van der Waals surface area contributed by atoms with Crippen molar-refractivity contribution in [3.05, 3.63) is 182 Å². The molecule has 10 aromatic rings. The largest absolute Gasteiger partial charge is 0.309 e. The number of hydrogen-bond donors (Lipinski definition) is 0. The molecule has 0 atom stereocenters. The number of pyridine rings is 1. The van der Waals surface area contributed by atoms with Crippen molar-refractivity contribution in [3.63, 3.8) is 0 Å². The van der Waals surface area contributed by atoms with Crippen molar-refractivity contribution in [2.45, 2.75) is 0 Å². The first-order valence-corrected chi connectivity index (χ1v) is 17.8. The topological polar surface area (TPSA) is 17.8 Å². The Kier molecular flexibility index (Phi) is 6.71. The Bertz CT molecular complexity index is 2860. The van der Waals surface area contributed by atoms with Gasteiger partial charge in [-0.15, -0.1) is 11.3 Å². The van der Waals surface area contributed by atoms with E-state index < -0.39 is 0 Å². The van der Waals surface area contributed by atoms with E-state index in [0.29, 0.717) is 0 Å². The zero-order valence-corrected chi connectivity index (χ0v) is 27.9. The highest BCUT2D eigenvalue weighted by Gasteiger charge is 2.17. The van der Waals surface area contributed by atoms with Crippen LogP contribution in [-0.2, 0) is 0 Å². The van der Waals surface area contributed by atoms with E-state index in [1.165, 1.54) is 58.7 Å². The number of benzene rings is 7. The third-order valence-corrected chi connectivity index (χ3v) is 11.0. The van der Waals surface area contributed by atoms with Crippen LogP contribution in [0.2, 0.25) is 0 Å². The van der Waals surface area contributed by atoms with Crippen LogP contribution >= 0.6 is 11.3 Å². The van der Waals surface area contributed by atoms with Gasteiger partial charge in [-0.1, -0.05) is 127 Å². The molecule has 3 heteroatoms. The molecule has 0 saturated carbocycles. The number of thiophene rings is 1. The molecule has 0 unspecified atom stereocenters. The van der Waals surface area contributed by atoms with Crippen LogP contribution in [0.5, 0.6) is 0 Å². The fourth-order valence-corrected chi connectivity index (χ4v) is 8.65. The third kappa shape index (κ3) is 4.74. The lowest BCUT2D eigenvalue weighted by Crippen LogP contribution is -1.94. The Morgan fingerprint density at radius 3 is 1.88 bits per heavy atom. The van der Waals surface area contributed by atoms with Gasteiger partial charge in [0.05, 0.1) is 22.4 Å². The number of para-hydroxylation sites is 2. The molecule has 0 saturated heterocycles. The van der Waals surface area contributed by atoms with E-state index in [-0.39, 0.29) is 0 Å². The highest BCUT2D eigenvalue weighted by Crippen LogP contribution is 2.42. The van der Waals surface area contributed by atoms with E-state index in [2.05, 4.69) is 187 Å². The van der Waals surface area contributed by atoms with Crippen LogP contribution in [0.25, 0.3) is 92.4 Å². The first-order valence-electron chi connectivity index (χ1n) is 17.0. The minimum Gasteiger partial charge on any atom is -0.309 e. The Morgan fingerprint density at radius 2 is 1.02 bits per heavy atom. The molecular formula is C47H30N2S. The van der Waals surface area contributed by atoms with Crippen molar-refractivity contribution >= 4 is 53.3 Å². The highest BCUT2D eigenvalue weighted by molar-refractivity contribution is 7.26. The number of hydrogen-bond acceptors (Lipinski definition) is 2. The zero-order valence-electron chi connectivity index (χ0n) is 27.1. The molecule has 0 spiro atoms. The smallest absolute Gasteiger partial charge is 0.0730 e. The average molecular weight is 655 g/mol. The van der Waals surface area contributed by atoms with Crippen LogP contribution in [-0.4, -0.2) is 9.55 Å². The van der Waals surface area contributed by atoms with Gasteiger partial charge >= 0.3 is 0 Å². The van der Waals surface area contributed by atoms with Crippen LogP contribution in [0.4, 0.5) is 0 Å². The van der Waals surface area contributed by atoms with Gasteiger partial charge < -0.3 is 4.57 Å². The van der Waals surface area contributed by atoms with Gasteiger partial charge in [0.25, 0.3) is 0 Å². The summed E-state index contributed by atoms with van der Waals surface area (Å²) in [5.74, 6) is 0. The second kappa shape index (κ2) is 11.7. The van der Waals surface area contributed by atoms with E-state index in [1.807, 2.05) is 11.3 Å². The van der Waals surface area contributed by atoms with E-state index in [9.17, 15) is 0 Å². The summed E-state index contributed by atoms with van der Waals surface area (Å²) in [6.45, 7) is 0. The van der Waals surface area contributed by atoms with E-state index >= 15 is 0 Å². The second-order valence-electron chi connectivity index (χ2n) is 12.8. The fraction of sp³-hybridized carbons (Fsp3) is 0. The van der Waals surface area contributed by atoms with Crippen molar-refractivity contribution in [2.24, 2.45) is 0 Å². The van der Waals surface area contributed by atoms with Crippen molar-refractivity contribution in [2.75, 3.05) is 0 Å². The molecule has 10 rings (SSSR count). The average Bonchev–Trinajstić information content (AvgIpc) is 3.74. The van der Waals surface area contributed by atoms with Crippen LogP contribution in [0.15, 0.2) is 182 Å². The van der Waals surface area contributed by atoms with Crippen molar-refractivity contribution in [1.82, 2.24) is 9.55 Å². The summed E-state index contributed by atoms with van der Waals surface area (Å²) in [5.41, 5.74) is 12.4. The molecule has 0 bridgehead atoms. The Balaban J connectivity index is 1.21. The molecule has 7 aromatic carbocycles. The van der Waals surface area contributed by atoms with E-state index in [1.54, 1.807) is 0 Å². The van der Waals surface area contributed by atoms with Crippen molar-refractivity contribution < 1.29 is 0 Å². The van der Waals surface area contributed by atoms with Gasteiger partial charge in [-0.3, -0.25) is 0 Å². The minimum absolute atomic E-state index is 0.958. The Hall–Kier alpha value is -6.29. The van der Waals surface area contributed by atoms with Gasteiger partial charge in [0.2, 0.25) is 0 Å². The normalized spacial score (nSPS) is 11.6. The quantitative estimate of drug-likeness (QED) is 0.181. The molecule has 0 aliphatic rings. The predicted octanol–water partition coefficient (Wildman–Crippen LogP) is 13.2. The molecule has 50 heavy (non-hydrogen) atoms. The summed E-state index contributed by atoms with van der Waals surface area (Å²) in [6.07, 6.45) is 0. The zero-order chi connectivity index (χ0) is 33.0. The summed E-state index contributed by atoms with van der Waals surface area (Å²) in [6, 6.07) is 65.5. The molecule has 0 radical (unpaired) electrons. The molecule has 3 heterocycles. The molecule has 0 N–H and O–H groups in total. The lowest BCUT2D eigenvalue weighted by atomic mass is 9.96. The number of aromatic nitrogens is 2. The van der Waals surface area contributed by atoms with Gasteiger partial charge in [0.1, 0.15) is 0 Å². The van der Waals surface area contributed by atoms with Gasteiger partial charge in [0, 0.05) is 47.8 Å². The number of rotatable bonds is 5. The maximum Gasteiger partial charge on any atom is 0.0730 e. The molecule has 0 amide bonds. The van der Waals surface area contributed by atoms with Crippen molar-refractivity contribution in [3.8, 4) is 50.5 Å². The molecular weight excluding hydrogens is 625 g/mol. The molecule has 234 valence electrons. The lowest BCUT2D eigenvalue weighted by Gasteiger charge is -2.13. The first-order chi connectivity index (χ1) is 24.8. The van der Waals surface area contributed by atoms with Crippen LogP contribution < -0.4 is 0 Å². The second-order valence-corrected chi connectivity index (χ2v) is 13.8. The van der Waals surface area contributed by atoms with Crippen molar-refractivity contribution in [1.29, 1.82) is 0 Å². The molecule has 0 fully saturated rings. The summed E-state index contributed by atoms with van der Waals surface area (Å²) in [7, 11) is 0. The van der Waals surface area contributed by atoms with Crippen LogP contribution in [0.1, 0.15) is 0 Å². The monoisotopic (exact) mass is 654 g/mol. The summed E-state index contributed by atoms with van der Waals surface area (Å²) >= 11 is 1.85. The fourth-order valence-electron chi connectivity index (χ4n) is 7.43. The van der Waals surface area contributed by atoms with E-state index in [0.717, 1.165) is 33.8 Å². The minimum atomic E-state index is 0.958. The third-order valence-electron chi connectivity index (χ3n) is 9.79. The molecule has 0 aliphatic carbocycles. The number of fused-ring (bicyclic) bond motifs is 6. The predicted molar refractivity (Wildman–Crippen MR) is 213 cm³/mol. The molecule has 2 nitrogen and oxygen atoms in total.